The molecule has 0 spiro atoms. The van der Waals surface area contributed by atoms with Crippen LogP contribution in [0.3, 0.4) is 0 Å². The average Bonchev–Trinajstić information content (AvgIpc) is 2.89. The van der Waals surface area contributed by atoms with E-state index >= 15 is 0 Å². The van der Waals surface area contributed by atoms with Crippen molar-refractivity contribution in [3.8, 4) is 17.2 Å². The Hall–Kier alpha value is -3.18. The van der Waals surface area contributed by atoms with E-state index in [0.717, 1.165) is 56.6 Å². The number of hydrogen-bond acceptors (Lipinski definition) is 5. The molecule has 0 bridgehead atoms. The molecule has 0 radical (unpaired) electrons. The predicted octanol–water partition coefficient (Wildman–Crippen LogP) is 6.91. The van der Waals surface area contributed by atoms with Gasteiger partial charge in [-0.25, -0.2) is 0 Å². The van der Waals surface area contributed by atoms with E-state index in [9.17, 15) is 10.2 Å². The molecule has 0 saturated heterocycles. The summed E-state index contributed by atoms with van der Waals surface area (Å²) in [4.78, 5) is 2.44. The summed E-state index contributed by atoms with van der Waals surface area (Å²) in [5, 5.41) is 23.5. The first kappa shape index (κ1) is 27.8. The lowest BCUT2D eigenvalue weighted by Crippen LogP contribution is -2.39. The molecule has 5 nitrogen and oxygen atoms in total. The second-order valence-corrected chi connectivity index (χ2v) is 11.1. The van der Waals surface area contributed by atoms with Gasteiger partial charge in [0, 0.05) is 36.9 Å². The normalized spacial score (nSPS) is 15.2. The molecule has 0 heterocycles. The molecule has 0 saturated carbocycles. The third-order valence-corrected chi connectivity index (χ3v) is 7.72. The molecule has 0 aliphatic heterocycles. The van der Waals surface area contributed by atoms with Gasteiger partial charge in [-0.05, 0) is 118 Å². The fraction of sp³-hybridized carbons (Fsp3) is 0.455. The monoisotopic (exact) mass is 516 g/mol. The molecule has 3 aromatic rings. The molecule has 204 valence electrons. The number of phenols is 2. The second kappa shape index (κ2) is 13.1. The molecule has 4 rings (SSSR count). The number of aromatic hydroxyl groups is 2. The Morgan fingerprint density at radius 3 is 2.34 bits per heavy atom. The van der Waals surface area contributed by atoms with Crippen LogP contribution in [0.4, 0.5) is 5.69 Å². The van der Waals surface area contributed by atoms with Gasteiger partial charge in [-0.1, -0.05) is 24.3 Å². The number of phenolic OH excluding ortho intramolecular Hbond substituents is 2. The predicted molar refractivity (Wildman–Crippen MR) is 157 cm³/mol. The second-order valence-electron chi connectivity index (χ2n) is 11.1. The smallest absolute Gasteiger partial charge is 0.119 e. The van der Waals surface area contributed by atoms with Crippen LogP contribution in [-0.4, -0.2) is 46.9 Å². The molecule has 3 aromatic carbocycles. The van der Waals surface area contributed by atoms with Crippen LogP contribution in [-0.2, 0) is 19.3 Å². The van der Waals surface area contributed by atoms with Crippen molar-refractivity contribution in [2.75, 3.05) is 25.0 Å². The summed E-state index contributed by atoms with van der Waals surface area (Å²) >= 11 is 0. The minimum Gasteiger partial charge on any atom is -0.508 e. The molecular weight excluding hydrogens is 472 g/mol. The Kier molecular flexibility index (Phi) is 9.57. The van der Waals surface area contributed by atoms with Crippen LogP contribution in [0.2, 0.25) is 0 Å². The summed E-state index contributed by atoms with van der Waals surface area (Å²) in [6.45, 7) is 11.4. The molecule has 1 aliphatic rings. The Labute approximate surface area is 228 Å². The summed E-state index contributed by atoms with van der Waals surface area (Å²) in [6, 6.07) is 20.9. The number of aryl methyl sites for hydroxylation is 2. The topological polar surface area (TPSA) is 65.0 Å². The highest BCUT2D eigenvalue weighted by molar-refractivity contribution is 5.57. The van der Waals surface area contributed by atoms with E-state index in [0.29, 0.717) is 30.4 Å². The molecule has 0 aromatic heterocycles. The number of rotatable bonds is 12. The van der Waals surface area contributed by atoms with E-state index in [4.69, 9.17) is 4.74 Å². The zero-order valence-electron chi connectivity index (χ0n) is 23.4. The van der Waals surface area contributed by atoms with Crippen molar-refractivity contribution in [1.82, 2.24) is 4.90 Å². The highest BCUT2D eigenvalue weighted by atomic mass is 16.5. The maximum absolute atomic E-state index is 10.1. The van der Waals surface area contributed by atoms with Crippen LogP contribution in [0.25, 0.3) is 0 Å². The summed E-state index contributed by atoms with van der Waals surface area (Å²) in [5.74, 6) is 1.96. The molecule has 1 atom stereocenters. The number of fused-ring (bicyclic) bond motifs is 1. The molecule has 0 fully saturated rings. The van der Waals surface area contributed by atoms with E-state index in [-0.39, 0.29) is 5.75 Å². The van der Waals surface area contributed by atoms with Crippen molar-refractivity contribution < 1.29 is 14.9 Å². The van der Waals surface area contributed by atoms with Gasteiger partial charge >= 0.3 is 0 Å². The number of hydrogen-bond donors (Lipinski definition) is 3. The highest BCUT2D eigenvalue weighted by Gasteiger charge is 2.23. The van der Waals surface area contributed by atoms with Crippen LogP contribution < -0.4 is 10.1 Å². The van der Waals surface area contributed by atoms with Gasteiger partial charge in [0.2, 0.25) is 0 Å². The Balaban J connectivity index is 1.26. The molecule has 0 amide bonds. The highest BCUT2D eigenvalue weighted by Crippen LogP contribution is 2.38. The van der Waals surface area contributed by atoms with Crippen molar-refractivity contribution in [1.29, 1.82) is 0 Å². The summed E-state index contributed by atoms with van der Waals surface area (Å²) in [6.07, 6.45) is 4.94. The first-order valence-corrected chi connectivity index (χ1v) is 14.1. The van der Waals surface area contributed by atoms with Crippen molar-refractivity contribution in [2.45, 2.75) is 77.8 Å². The lowest BCUT2D eigenvalue weighted by atomic mass is 9.79. The first-order chi connectivity index (χ1) is 18.3. The van der Waals surface area contributed by atoms with Crippen LogP contribution >= 0.6 is 0 Å². The van der Waals surface area contributed by atoms with Crippen molar-refractivity contribution in [3.63, 3.8) is 0 Å². The zero-order valence-corrected chi connectivity index (χ0v) is 23.4. The van der Waals surface area contributed by atoms with E-state index in [1.165, 1.54) is 22.3 Å². The van der Waals surface area contributed by atoms with Crippen LogP contribution in [0.15, 0.2) is 60.7 Å². The fourth-order valence-corrected chi connectivity index (χ4v) is 5.71. The Bertz CT molecular complexity index is 1170. The maximum atomic E-state index is 10.1. The molecule has 5 heteroatoms. The summed E-state index contributed by atoms with van der Waals surface area (Å²) in [7, 11) is 0. The van der Waals surface area contributed by atoms with E-state index in [2.05, 4.69) is 68.2 Å². The average molecular weight is 517 g/mol. The van der Waals surface area contributed by atoms with Gasteiger partial charge in [-0.2, -0.15) is 0 Å². The minimum atomic E-state index is 0.290. The lowest BCUT2D eigenvalue weighted by Gasteiger charge is -2.30. The van der Waals surface area contributed by atoms with Gasteiger partial charge in [-0.3, -0.25) is 4.90 Å². The largest absolute Gasteiger partial charge is 0.508 e. The van der Waals surface area contributed by atoms with Gasteiger partial charge in [0.15, 0.2) is 0 Å². The Morgan fingerprint density at radius 1 is 0.895 bits per heavy atom. The van der Waals surface area contributed by atoms with Crippen LogP contribution in [0.1, 0.15) is 68.7 Å². The zero-order chi connectivity index (χ0) is 27.1. The van der Waals surface area contributed by atoms with Gasteiger partial charge in [-0.15, -0.1) is 0 Å². The molecule has 1 aliphatic carbocycles. The SMILES string of the molecule is CC(C)N(CCOc1ccc(CCCNc2cc(O)ccc2C2CCc3cc(O)ccc3C2)cc1)C(C)C. The first-order valence-electron chi connectivity index (χ1n) is 14.1. The van der Waals surface area contributed by atoms with E-state index in [1.54, 1.807) is 12.1 Å². The quantitative estimate of drug-likeness (QED) is 0.228. The third-order valence-electron chi connectivity index (χ3n) is 7.72. The fourth-order valence-electron chi connectivity index (χ4n) is 5.71. The van der Waals surface area contributed by atoms with E-state index < -0.39 is 0 Å². The summed E-state index contributed by atoms with van der Waals surface area (Å²) in [5.41, 5.74) is 6.14. The minimum absolute atomic E-state index is 0.290. The molecule has 1 unspecified atom stereocenters. The van der Waals surface area contributed by atoms with Gasteiger partial charge in [0.25, 0.3) is 0 Å². The molecule has 38 heavy (non-hydrogen) atoms. The van der Waals surface area contributed by atoms with Crippen molar-refractivity contribution in [3.05, 3.63) is 82.9 Å². The Morgan fingerprint density at radius 2 is 1.61 bits per heavy atom. The van der Waals surface area contributed by atoms with E-state index in [1.807, 2.05) is 18.2 Å². The molecule has 3 N–H and O–H groups in total. The number of nitrogens with one attached hydrogen (secondary N) is 1. The maximum Gasteiger partial charge on any atom is 0.119 e. The van der Waals surface area contributed by atoms with Crippen LogP contribution in [0, 0.1) is 0 Å². The molecular formula is C33H44N2O3. The lowest BCUT2D eigenvalue weighted by molar-refractivity contribution is 0.142. The van der Waals surface area contributed by atoms with Gasteiger partial charge in [0.1, 0.15) is 23.9 Å². The van der Waals surface area contributed by atoms with Crippen molar-refractivity contribution >= 4 is 5.69 Å². The van der Waals surface area contributed by atoms with Gasteiger partial charge < -0.3 is 20.3 Å². The number of anilines is 1. The standard InChI is InChI=1S/C33H44N2O3/c1-23(2)35(24(3)4)18-19-38-31-14-7-25(8-15-31)6-5-17-34-33-22-30(37)13-16-32(33)28-10-9-27-21-29(36)12-11-26(27)20-28/h7-8,11-16,21-24,28,34,36-37H,5-6,9-10,17-20H2,1-4H3. The summed E-state index contributed by atoms with van der Waals surface area (Å²) < 4.78 is 5.99. The third kappa shape index (κ3) is 7.44. The van der Waals surface area contributed by atoms with Crippen LogP contribution in [0.5, 0.6) is 17.2 Å². The number of benzene rings is 3. The van der Waals surface area contributed by atoms with Crippen molar-refractivity contribution in [2.24, 2.45) is 0 Å². The number of ether oxygens (including phenoxy) is 1. The van der Waals surface area contributed by atoms with Gasteiger partial charge in [0.05, 0.1) is 0 Å². The number of nitrogens with zero attached hydrogens (tertiary/aromatic N) is 1.